The van der Waals surface area contributed by atoms with Crippen molar-refractivity contribution in [3.05, 3.63) is 29.8 Å². The molecule has 1 amide bonds. The number of carbonyl (C=O) groups is 1. The van der Waals surface area contributed by atoms with Crippen LogP contribution < -0.4 is 15.4 Å². The zero-order chi connectivity index (χ0) is 15.5. The third-order valence-electron chi connectivity index (χ3n) is 3.37. The summed E-state index contributed by atoms with van der Waals surface area (Å²) < 4.78 is 5.56. The van der Waals surface area contributed by atoms with Gasteiger partial charge in [-0.2, -0.15) is 0 Å². The minimum atomic E-state index is -0.0572. The summed E-state index contributed by atoms with van der Waals surface area (Å²) in [6.45, 7) is 8.19. The maximum absolute atomic E-state index is 11.8. The fourth-order valence-electron chi connectivity index (χ4n) is 2.07. The van der Waals surface area contributed by atoms with Crippen LogP contribution in [-0.2, 0) is 11.3 Å². The molecule has 0 atom stereocenters. The molecule has 21 heavy (non-hydrogen) atoms. The highest BCUT2D eigenvalue weighted by atomic mass is 16.5. The SMILES string of the molecule is CCCNCc1cccc(OCC(=O)NC(CC)CC)c1. The van der Waals surface area contributed by atoms with Gasteiger partial charge in [0.2, 0.25) is 0 Å². The van der Waals surface area contributed by atoms with Crippen molar-refractivity contribution < 1.29 is 9.53 Å². The minimum absolute atomic E-state index is 0.0572. The van der Waals surface area contributed by atoms with E-state index in [4.69, 9.17) is 4.74 Å². The fourth-order valence-corrected chi connectivity index (χ4v) is 2.07. The highest BCUT2D eigenvalue weighted by Gasteiger charge is 2.08. The molecule has 0 aliphatic heterocycles. The van der Waals surface area contributed by atoms with E-state index in [9.17, 15) is 4.79 Å². The predicted molar refractivity (Wildman–Crippen MR) is 86.4 cm³/mol. The first-order valence-corrected chi connectivity index (χ1v) is 7.91. The maximum Gasteiger partial charge on any atom is 0.258 e. The highest BCUT2D eigenvalue weighted by Crippen LogP contribution is 2.13. The second kappa shape index (κ2) is 10.2. The number of hydrogen-bond donors (Lipinski definition) is 2. The number of nitrogens with one attached hydrogen (secondary N) is 2. The van der Waals surface area contributed by atoms with Gasteiger partial charge in [-0.1, -0.05) is 32.9 Å². The smallest absolute Gasteiger partial charge is 0.258 e. The van der Waals surface area contributed by atoms with Gasteiger partial charge in [0.1, 0.15) is 5.75 Å². The molecule has 4 heteroatoms. The summed E-state index contributed by atoms with van der Waals surface area (Å²) in [5.41, 5.74) is 1.17. The molecule has 0 aliphatic rings. The van der Waals surface area contributed by atoms with Crippen molar-refractivity contribution in [2.75, 3.05) is 13.2 Å². The standard InChI is InChI=1S/C17H28N2O2/c1-4-10-18-12-14-8-7-9-16(11-14)21-13-17(20)19-15(5-2)6-3/h7-9,11,15,18H,4-6,10,12-13H2,1-3H3,(H,19,20). The van der Waals surface area contributed by atoms with Crippen molar-refractivity contribution in [1.82, 2.24) is 10.6 Å². The summed E-state index contributed by atoms with van der Waals surface area (Å²) in [4.78, 5) is 11.8. The number of carbonyl (C=O) groups excluding carboxylic acids is 1. The largest absolute Gasteiger partial charge is 0.484 e. The Balaban J connectivity index is 2.40. The number of hydrogen-bond acceptors (Lipinski definition) is 3. The number of rotatable bonds is 10. The molecule has 0 unspecified atom stereocenters. The van der Waals surface area contributed by atoms with Crippen LogP contribution in [0.4, 0.5) is 0 Å². The van der Waals surface area contributed by atoms with Gasteiger partial charge in [0.25, 0.3) is 5.91 Å². The number of ether oxygens (including phenoxy) is 1. The van der Waals surface area contributed by atoms with Gasteiger partial charge in [0, 0.05) is 12.6 Å². The van der Waals surface area contributed by atoms with Crippen LogP contribution in [0, 0.1) is 0 Å². The quantitative estimate of drug-likeness (QED) is 0.652. The third-order valence-corrected chi connectivity index (χ3v) is 3.37. The van der Waals surface area contributed by atoms with Crippen molar-refractivity contribution >= 4 is 5.91 Å². The van der Waals surface area contributed by atoms with Crippen LogP contribution in [0.25, 0.3) is 0 Å². The normalized spacial score (nSPS) is 10.7. The van der Waals surface area contributed by atoms with E-state index in [1.165, 1.54) is 5.56 Å². The Bertz CT molecular complexity index is 417. The molecular formula is C17H28N2O2. The molecule has 0 saturated heterocycles. The lowest BCUT2D eigenvalue weighted by atomic mass is 10.2. The lowest BCUT2D eigenvalue weighted by Gasteiger charge is -2.15. The fraction of sp³-hybridized carbons (Fsp3) is 0.588. The Morgan fingerprint density at radius 2 is 2.00 bits per heavy atom. The Hall–Kier alpha value is -1.55. The van der Waals surface area contributed by atoms with E-state index in [2.05, 4.69) is 37.5 Å². The monoisotopic (exact) mass is 292 g/mol. The summed E-state index contributed by atoms with van der Waals surface area (Å²) in [7, 11) is 0. The molecule has 0 aromatic heterocycles. The second-order valence-electron chi connectivity index (χ2n) is 5.19. The average molecular weight is 292 g/mol. The van der Waals surface area contributed by atoms with E-state index in [0.717, 1.165) is 38.1 Å². The Kier molecular flexibility index (Phi) is 8.51. The topological polar surface area (TPSA) is 50.4 Å². The van der Waals surface area contributed by atoms with Gasteiger partial charge in [0.05, 0.1) is 0 Å². The van der Waals surface area contributed by atoms with Gasteiger partial charge in [0.15, 0.2) is 6.61 Å². The number of benzene rings is 1. The third kappa shape index (κ3) is 7.14. The predicted octanol–water partition coefficient (Wildman–Crippen LogP) is 2.87. The van der Waals surface area contributed by atoms with E-state index in [-0.39, 0.29) is 18.6 Å². The maximum atomic E-state index is 11.8. The zero-order valence-corrected chi connectivity index (χ0v) is 13.4. The number of amides is 1. The van der Waals surface area contributed by atoms with Crippen LogP contribution in [0.1, 0.15) is 45.6 Å². The summed E-state index contributed by atoms with van der Waals surface area (Å²) in [5.74, 6) is 0.684. The molecule has 118 valence electrons. The minimum Gasteiger partial charge on any atom is -0.484 e. The summed E-state index contributed by atoms with van der Waals surface area (Å²) in [5, 5.41) is 6.32. The second-order valence-corrected chi connectivity index (χ2v) is 5.19. The molecule has 0 heterocycles. The first-order valence-electron chi connectivity index (χ1n) is 7.91. The van der Waals surface area contributed by atoms with Crippen LogP contribution in [0.15, 0.2) is 24.3 Å². The summed E-state index contributed by atoms with van der Waals surface area (Å²) >= 11 is 0. The average Bonchev–Trinajstić information content (AvgIpc) is 2.51. The van der Waals surface area contributed by atoms with Crippen molar-refractivity contribution in [2.24, 2.45) is 0 Å². The molecule has 0 spiro atoms. The van der Waals surface area contributed by atoms with Gasteiger partial charge >= 0.3 is 0 Å². The van der Waals surface area contributed by atoms with Gasteiger partial charge < -0.3 is 15.4 Å². The van der Waals surface area contributed by atoms with Crippen LogP contribution in [-0.4, -0.2) is 25.1 Å². The molecule has 0 radical (unpaired) electrons. The van der Waals surface area contributed by atoms with E-state index >= 15 is 0 Å². The van der Waals surface area contributed by atoms with E-state index in [1.807, 2.05) is 18.2 Å². The lowest BCUT2D eigenvalue weighted by Crippen LogP contribution is -2.37. The van der Waals surface area contributed by atoms with Crippen molar-refractivity contribution in [3.8, 4) is 5.75 Å². The van der Waals surface area contributed by atoms with Crippen LogP contribution >= 0.6 is 0 Å². The highest BCUT2D eigenvalue weighted by molar-refractivity contribution is 5.77. The first kappa shape index (κ1) is 17.5. The lowest BCUT2D eigenvalue weighted by molar-refractivity contribution is -0.123. The summed E-state index contributed by atoms with van der Waals surface area (Å²) in [6.07, 6.45) is 3.01. The van der Waals surface area contributed by atoms with Gasteiger partial charge in [-0.3, -0.25) is 4.79 Å². The van der Waals surface area contributed by atoms with Crippen molar-refractivity contribution in [3.63, 3.8) is 0 Å². The van der Waals surface area contributed by atoms with E-state index < -0.39 is 0 Å². The molecule has 2 N–H and O–H groups in total. The van der Waals surface area contributed by atoms with Crippen LogP contribution in [0.5, 0.6) is 5.75 Å². The molecule has 4 nitrogen and oxygen atoms in total. The molecule has 1 rings (SSSR count). The molecule has 1 aromatic carbocycles. The van der Waals surface area contributed by atoms with E-state index in [1.54, 1.807) is 0 Å². The molecule has 0 fully saturated rings. The Morgan fingerprint density at radius 3 is 2.67 bits per heavy atom. The van der Waals surface area contributed by atoms with Crippen molar-refractivity contribution in [2.45, 2.75) is 52.6 Å². The molecular weight excluding hydrogens is 264 g/mol. The van der Waals surface area contributed by atoms with Crippen molar-refractivity contribution in [1.29, 1.82) is 0 Å². The first-order chi connectivity index (χ1) is 10.2. The molecule has 1 aromatic rings. The van der Waals surface area contributed by atoms with Crippen LogP contribution in [0.3, 0.4) is 0 Å². The molecule has 0 saturated carbocycles. The molecule has 0 bridgehead atoms. The summed E-state index contributed by atoms with van der Waals surface area (Å²) in [6, 6.07) is 8.11. The Morgan fingerprint density at radius 1 is 1.24 bits per heavy atom. The van der Waals surface area contributed by atoms with E-state index in [0.29, 0.717) is 0 Å². The zero-order valence-electron chi connectivity index (χ0n) is 13.4. The van der Waals surface area contributed by atoms with Gasteiger partial charge in [-0.25, -0.2) is 0 Å². The van der Waals surface area contributed by atoms with Gasteiger partial charge in [-0.05, 0) is 43.5 Å². The Labute approximate surface area is 128 Å². The van der Waals surface area contributed by atoms with Gasteiger partial charge in [-0.15, -0.1) is 0 Å². The van der Waals surface area contributed by atoms with Crippen LogP contribution in [0.2, 0.25) is 0 Å². The molecule has 0 aliphatic carbocycles.